The lowest BCUT2D eigenvalue weighted by Crippen LogP contribution is -2.34. The predicted molar refractivity (Wildman–Crippen MR) is 155 cm³/mol. The Morgan fingerprint density at radius 2 is 1.62 bits per heavy atom. The van der Waals surface area contributed by atoms with Crippen LogP contribution < -0.4 is 4.31 Å². The first-order valence-electron chi connectivity index (χ1n) is 12.5. The van der Waals surface area contributed by atoms with Gasteiger partial charge in [-0.15, -0.1) is 0 Å². The largest absolute Gasteiger partial charge is 0.417 e. The number of benzene rings is 2. The third-order valence-corrected chi connectivity index (χ3v) is 9.35. The van der Waals surface area contributed by atoms with Crippen LogP contribution in [0, 0.1) is 13.8 Å². The Bertz CT molecular complexity index is 1580. The molecule has 0 spiro atoms. The zero-order chi connectivity index (χ0) is 32.1. The third kappa shape index (κ3) is 9.91. The van der Waals surface area contributed by atoms with Gasteiger partial charge in [-0.25, -0.2) is 12.7 Å². The van der Waals surface area contributed by atoms with Gasteiger partial charge >= 0.3 is 6.18 Å². The number of alkyl halides is 3. The minimum absolute atomic E-state index is 0.0570. The van der Waals surface area contributed by atoms with Gasteiger partial charge in [-0.2, -0.15) is 21.6 Å². The lowest BCUT2D eigenvalue weighted by molar-refractivity contribution is -0.137. The quantitative estimate of drug-likeness (QED) is 0.126. The van der Waals surface area contributed by atoms with E-state index in [1.807, 2.05) is 0 Å². The van der Waals surface area contributed by atoms with Crippen molar-refractivity contribution in [1.82, 2.24) is 5.16 Å². The van der Waals surface area contributed by atoms with Gasteiger partial charge in [0.2, 0.25) is 5.88 Å². The fourth-order valence-corrected chi connectivity index (χ4v) is 5.89. The Morgan fingerprint density at radius 3 is 2.12 bits per heavy atom. The van der Waals surface area contributed by atoms with Crippen molar-refractivity contribution in [3.8, 4) is 11.1 Å². The summed E-state index contributed by atoms with van der Waals surface area (Å²) in [6.07, 6.45) is -4.07. The molecule has 16 heteroatoms. The molecular formula is C26H35F3N2O8S2Si. The molecule has 1 heterocycles. The van der Waals surface area contributed by atoms with E-state index in [-0.39, 0.29) is 27.5 Å². The van der Waals surface area contributed by atoms with Crippen molar-refractivity contribution in [2.45, 2.75) is 57.2 Å². The van der Waals surface area contributed by atoms with Gasteiger partial charge in [0.1, 0.15) is 6.73 Å². The normalized spacial score (nSPS) is 12.5. The first kappa shape index (κ1) is 35.4. The minimum Gasteiger partial charge on any atom is -0.392 e. The molecule has 2 N–H and O–H groups in total. The average Bonchev–Trinajstić information content (AvgIpc) is 3.18. The SMILES string of the molecule is CS(=O)(=O)O.Cc1noc(N(COCC[Si](C)(C)C)S(=O)(=O)c2ccccc2-c2ccc(CO)cc2C(F)(F)F)c1C. The minimum atomic E-state index is -4.78. The second-order valence-corrected chi connectivity index (χ2v) is 19.6. The molecule has 0 saturated heterocycles. The molecule has 10 nitrogen and oxygen atoms in total. The fraction of sp³-hybridized carbons (Fsp3) is 0.423. The number of halogens is 3. The lowest BCUT2D eigenvalue weighted by Gasteiger charge is -2.25. The van der Waals surface area contributed by atoms with Crippen molar-refractivity contribution in [2.24, 2.45) is 0 Å². The molecule has 234 valence electrons. The van der Waals surface area contributed by atoms with Crippen molar-refractivity contribution < 1.29 is 48.9 Å². The van der Waals surface area contributed by atoms with Crippen molar-refractivity contribution in [1.29, 1.82) is 0 Å². The number of anilines is 1. The summed E-state index contributed by atoms with van der Waals surface area (Å²) in [5, 5.41) is 13.2. The van der Waals surface area contributed by atoms with E-state index in [0.717, 1.165) is 16.4 Å². The summed E-state index contributed by atoms with van der Waals surface area (Å²) in [5.74, 6) is -0.0630. The van der Waals surface area contributed by atoms with Crippen LogP contribution >= 0.6 is 0 Å². The molecule has 0 saturated carbocycles. The Hall–Kier alpha value is -2.76. The summed E-state index contributed by atoms with van der Waals surface area (Å²) in [6, 6.07) is 9.58. The summed E-state index contributed by atoms with van der Waals surface area (Å²) in [4.78, 5) is -0.348. The Kier molecular flexibility index (Phi) is 11.5. The number of hydrogen-bond donors (Lipinski definition) is 2. The number of aryl methyl sites for hydroxylation is 1. The standard InChI is InChI=1S/C25H31F3N2O5SSi.CH4O3S/c1-17-18(2)29-35-24(17)30(16-34-12-13-37(3,4)5)36(32,33)23-9-7-6-8-21(23)20-11-10-19(15-31)14-22(20)25(26,27)28;1-5(2,3)4/h6-11,14,31H,12-13,15-16H2,1-5H3;1H3,(H,2,3,4). The van der Waals surface area contributed by atoms with Crippen LogP contribution in [0.4, 0.5) is 19.1 Å². The van der Waals surface area contributed by atoms with Gasteiger partial charge in [0.05, 0.1) is 29.0 Å². The third-order valence-electron chi connectivity index (χ3n) is 5.88. The summed E-state index contributed by atoms with van der Waals surface area (Å²) in [6.45, 7) is 9.11. The number of ether oxygens (including phenoxy) is 1. The molecule has 0 aliphatic carbocycles. The highest BCUT2D eigenvalue weighted by Crippen LogP contribution is 2.41. The summed E-state index contributed by atoms with van der Waals surface area (Å²) >= 11 is 0. The average molecular weight is 653 g/mol. The van der Waals surface area contributed by atoms with Gasteiger partial charge in [-0.1, -0.05) is 55.1 Å². The molecule has 3 aromatic rings. The summed E-state index contributed by atoms with van der Waals surface area (Å²) < 4.78 is 108. The Labute approximate surface area is 244 Å². The Balaban J connectivity index is 0.00000113. The molecule has 0 aliphatic heterocycles. The lowest BCUT2D eigenvalue weighted by atomic mass is 9.97. The summed E-state index contributed by atoms with van der Waals surface area (Å²) in [7, 11) is -9.60. The number of hydrogen-bond acceptors (Lipinski definition) is 8. The number of sulfonamides is 1. The van der Waals surface area contributed by atoms with Crippen molar-refractivity contribution in [3.63, 3.8) is 0 Å². The van der Waals surface area contributed by atoms with Crippen LogP contribution in [0.5, 0.6) is 0 Å². The van der Waals surface area contributed by atoms with Gasteiger partial charge in [0, 0.05) is 25.8 Å². The van der Waals surface area contributed by atoms with Crippen LogP contribution in [0.15, 0.2) is 51.9 Å². The van der Waals surface area contributed by atoms with E-state index in [0.29, 0.717) is 24.1 Å². The van der Waals surface area contributed by atoms with Crippen LogP contribution in [0.3, 0.4) is 0 Å². The number of aliphatic hydroxyl groups excluding tert-OH is 1. The number of aliphatic hydroxyl groups is 1. The first-order valence-corrected chi connectivity index (χ1v) is 19.5. The Morgan fingerprint density at radius 1 is 1.02 bits per heavy atom. The van der Waals surface area contributed by atoms with Crippen molar-refractivity contribution >= 4 is 34.1 Å². The molecule has 0 fully saturated rings. The van der Waals surface area contributed by atoms with E-state index in [4.69, 9.17) is 13.8 Å². The van der Waals surface area contributed by atoms with Gasteiger partial charge in [0.15, 0.2) is 0 Å². The number of aromatic nitrogens is 1. The molecule has 3 rings (SSSR count). The van der Waals surface area contributed by atoms with Crippen LogP contribution in [0.25, 0.3) is 11.1 Å². The maximum atomic E-state index is 14.0. The van der Waals surface area contributed by atoms with Gasteiger partial charge < -0.3 is 14.4 Å². The van der Waals surface area contributed by atoms with Gasteiger partial charge in [0.25, 0.3) is 20.1 Å². The zero-order valence-corrected chi connectivity index (χ0v) is 26.7. The van der Waals surface area contributed by atoms with E-state index < -0.39 is 53.3 Å². The smallest absolute Gasteiger partial charge is 0.392 e. The van der Waals surface area contributed by atoms with Gasteiger partial charge in [-0.3, -0.25) is 4.55 Å². The molecule has 0 radical (unpaired) electrons. The predicted octanol–water partition coefficient (Wildman–Crippen LogP) is 5.48. The molecular weight excluding hydrogens is 618 g/mol. The highest BCUT2D eigenvalue weighted by molar-refractivity contribution is 7.93. The van der Waals surface area contributed by atoms with E-state index >= 15 is 0 Å². The molecule has 0 amide bonds. The van der Waals surface area contributed by atoms with E-state index in [1.54, 1.807) is 13.8 Å². The van der Waals surface area contributed by atoms with Crippen molar-refractivity contribution in [2.75, 3.05) is 23.9 Å². The van der Waals surface area contributed by atoms with E-state index in [9.17, 15) is 35.1 Å². The van der Waals surface area contributed by atoms with Crippen LogP contribution in [0.1, 0.15) is 22.4 Å². The molecule has 0 atom stereocenters. The van der Waals surface area contributed by atoms with Crippen LogP contribution in [-0.2, 0) is 37.7 Å². The van der Waals surface area contributed by atoms with E-state index in [2.05, 4.69) is 24.8 Å². The second-order valence-electron chi connectivity index (χ2n) is 10.7. The van der Waals surface area contributed by atoms with Crippen LogP contribution in [-0.4, -0.2) is 59.3 Å². The molecule has 2 aromatic carbocycles. The van der Waals surface area contributed by atoms with Gasteiger partial charge in [-0.05, 0) is 43.2 Å². The molecule has 0 bridgehead atoms. The zero-order valence-electron chi connectivity index (χ0n) is 24.1. The van der Waals surface area contributed by atoms with Crippen LogP contribution in [0.2, 0.25) is 25.7 Å². The molecule has 42 heavy (non-hydrogen) atoms. The van der Waals surface area contributed by atoms with Crippen molar-refractivity contribution in [3.05, 3.63) is 64.8 Å². The monoisotopic (exact) mass is 652 g/mol. The highest BCUT2D eigenvalue weighted by atomic mass is 32.2. The number of rotatable bonds is 10. The maximum Gasteiger partial charge on any atom is 0.417 e. The summed E-state index contributed by atoms with van der Waals surface area (Å²) in [5.41, 5.74) is -0.509. The first-order chi connectivity index (χ1) is 19.2. The van der Waals surface area contributed by atoms with E-state index in [1.165, 1.54) is 36.4 Å². The number of nitrogens with zero attached hydrogens (tertiary/aromatic N) is 2. The maximum absolute atomic E-state index is 14.0. The second kappa shape index (κ2) is 13.7. The highest BCUT2D eigenvalue weighted by Gasteiger charge is 2.37. The fourth-order valence-electron chi connectivity index (χ4n) is 3.59. The topological polar surface area (TPSA) is 147 Å². The molecule has 0 aliphatic rings. The molecule has 1 aromatic heterocycles. The molecule has 0 unspecified atom stereocenters.